The van der Waals surface area contributed by atoms with E-state index in [1.54, 1.807) is 0 Å². The number of rotatable bonds is 2. The van der Waals surface area contributed by atoms with Crippen LogP contribution in [-0.2, 0) is 0 Å². The Kier molecular flexibility index (Phi) is 5.62. The molecule has 0 heterocycles. The zero-order chi connectivity index (χ0) is 10.9. The maximum Gasteiger partial charge on any atom is 1.00 e. The first-order valence-electron chi connectivity index (χ1n) is 3.51. The topological polar surface area (TPSA) is 17.1 Å². The van der Waals surface area contributed by atoms with Crippen molar-refractivity contribution in [3.8, 4) is 0 Å². The quantitative estimate of drug-likeness (QED) is 0.366. The Morgan fingerprint density at radius 1 is 1.07 bits per heavy atom. The molecule has 0 aromatic heterocycles. The molecule has 0 bridgehead atoms. The van der Waals surface area contributed by atoms with Gasteiger partial charge in [-0.05, 0) is 0 Å². The molecule has 8 heteroatoms. The van der Waals surface area contributed by atoms with Crippen LogP contribution >= 0.6 is 0 Å². The van der Waals surface area contributed by atoms with Gasteiger partial charge in [-0.3, -0.25) is 4.79 Å². The molecule has 0 radical (unpaired) electrons. The molecule has 76 valence electrons. The van der Waals surface area contributed by atoms with Crippen LogP contribution in [0, 0.1) is 11.6 Å². The zero-order valence-electron chi connectivity index (χ0n) is 7.61. The molecule has 1 rings (SSSR count). The number of hydrogen-bond acceptors (Lipinski definition) is 1. The Morgan fingerprint density at radius 3 is 2.00 bits per heavy atom. The minimum Gasteiger partial charge on any atom is -0.445 e. The average molecular weight is 248 g/mol. The smallest absolute Gasteiger partial charge is 0.445 e. The molecule has 0 unspecified atom stereocenters. The van der Waals surface area contributed by atoms with E-state index in [0.717, 1.165) is 0 Å². The van der Waals surface area contributed by atoms with Gasteiger partial charge in [0.05, 0.1) is 5.56 Å². The van der Waals surface area contributed by atoms with Crippen molar-refractivity contribution in [2.45, 2.75) is 0 Å². The number of carbonyl (C=O) groups is 1. The largest absolute Gasteiger partial charge is 1.00 e. The molecule has 0 atom stereocenters. The second-order valence-corrected chi connectivity index (χ2v) is 2.56. The first kappa shape index (κ1) is 15.2. The Hall–Kier alpha value is 0.241. The molecule has 0 N–H and O–H groups in total. The number of halogens is 5. The van der Waals surface area contributed by atoms with E-state index in [9.17, 15) is 26.5 Å². The minimum absolute atomic E-state index is 0. The number of hydrogen-bond donors (Lipinski definition) is 0. The van der Waals surface area contributed by atoms with Crippen molar-refractivity contribution in [2.75, 3.05) is 0 Å². The van der Waals surface area contributed by atoms with Crippen molar-refractivity contribution < 1.29 is 77.9 Å². The van der Waals surface area contributed by atoms with Crippen LogP contribution in [0.5, 0.6) is 0 Å². The summed E-state index contributed by atoms with van der Waals surface area (Å²) in [5.41, 5.74) is -2.39. The van der Waals surface area contributed by atoms with Gasteiger partial charge in [-0.25, -0.2) is 8.78 Å². The van der Waals surface area contributed by atoms with Crippen LogP contribution in [0.1, 0.15) is 10.4 Å². The normalized spacial score (nSPS) is 10.7. The Balaban J connectivity index is 0.00000196. The van der Waals surface area contributed by atoms with Crippen LogP contribution in [0.15, 0.2) is 12.1 Å². The van der Waals surface area contributed by atoms with E-state index in [2.05, 4.69) is 0 Å². The molecule has 0 amide bonds. The van der Waals surface area contributed by atoms with E-state index in [4.69, 9.17) is 0 Å². The third-order valence-electron chi connectivity index (χ3n) is 1.62. The van der Waals surface area contributed by atoms with Crippen LogP contribution in [0.25, 0.3) is 0 Å². The van der Waals surface area contributed by atoms with Crippen molar-refractivity contribution >= 4 is 18.7 Å². The summed E-state index contributed by atoms with van der Waals surface area (Å²) < 4.78 is 61.5. The van der Waals surface area contributed by atoms with Gasteiger partial charge in [0.25, 0.3) is 0 Å². The molecule has 0 saturated carbocycles. The molecule has 1 nitrogen and oxygen atoms in total. The summed E-state index contributed by atoms with van der Waals surface area (Å²) in [6, 6.07) is 0.943. The summed E-state index contributed by atoms with van der Waals surface area (Å²) in [6.07, 6.45) is -0.0500. The van der Waals surface area contributed by atoms with Gasteiger partial charge in [0.2, 0.25) is 0 Å². The predicted octanol–water partition coefficient (Wildman–Crippen LogP) is -1.16. The van der Waals surface area contributed by atoms with Gasteiger partial charge < -0.3 is 12.9 Å². The van der Waals surface area contributed by atoms with E-state index < -0.39 is 29.6 Å². The van der Waals surface area contributed by atoms with Crippen LogP contribution in [-0.4, -0.2) is 13.3 Å². The second kappa shape index (κ2) is 5.53. The number of carbonyl (C=O) groups excluding carboxylic acids is 1. The van der Waals surface area contributed by atoms with Crippen LogP contribution in [0.4, 0.5) is 21.7 Å². The number of aldehydes is 1. The molecule has 0 aliphatic rings. The average Bonchev–Trinajstić information content (AvgIpc) is 2.07. The maximum atomic E-state index is 12.7. The first-order valence-corrected chi connectivity index (χ1v) is 3.51. The summed E-state index contributed by atoms with van der Waals surface area (Å²) in [5, 5.41) is 0. The molecule has 0 spiro atoms. The van der Waals surface area contributed by atoms with Crippen molar-refractivity contribution in [3.63, 3.8) is 0 Å². The van der Waals surface area contributed by atoms with Crippen LogP contribution in [0.2, 0.25) is 0 Å². The van der Waals surface area contributed by atoms with Crippen molar-refractivity contribution in [1.82, 2.24) is 0 Å². The van der Waals surface area contributed by atoms with Gasteiger partial charge in [0, 0.05) is 0 Å². The fraction of sp³-hybridized carbons (Fsp3) is 0. The van der Waals surface area contributed by atoms with Crippen molar-refractivity contribution in [3.05, 3.63) is 29.3 Å². The standard InChI is InChI=1S/C7H3BF5O.K/c9-6-4(3-14)1-2-5(7(6)10)8(11,12)13;/h1-3H;/q-1;+1. The third-order valence-corrected chi connectivity index (χ3v) is 1.62. The van der Waals surface area contributed by atoms with Gasteiger partial charge in [-0.1, -0.05) is 17.6 Å². The van der Waals surface area contributed by atoms with Crippen LogP contribution in [0.3, 0.4) is 0 Å². The number of benzene rings is 1. The molecular formula is C7H3BF5KO. The summed E-state index contributed by atoms with van der Waals surface area (Å²) in [6.45, 7) is -5.60. The van der Waals surface area contributed by atoms with Gasteiger partial charge in [0.1, 0.15) is 5.82 Å². The van der Waals surface area contributed by atoms with E-state index in [-0.39, 0.29) is 57.7 Å². The van der Waals surface area contributed by atoms with Gasteiger partial charge >= 0.3 is 58.4 Å². The summed E-state index contributed by atoms with van der Waals surface area (Å²) in [4.78, 5) is 10.1. The van der Waals surface area contributed by atoms with E-state index in [1.165, 1.54) is 0 Å². The van der Waals surface area contributed by atoms with E-state index >= 15 is 0 Å². The molecule has 0 fully saturated rings. The monoisotopic (exact) mass is 248 g/mol. The fourth-order valence-corrected chi connectivity index (χ4v) is 0.923. The van der Waals surface area contributed by atoms with Crippen LogP contribution < -0.4 is 56.8 Å². The second-order valence-electron chi connectivity index (χ2n) is 2.56. The molecule has 1 aromatic carbocycles. The van der Waals surface area contributed by atoms with Crippen molar-refractivity contribution in [1.29, 1.82) is 0 Å². The predicted molar refractivity (Wildman–Crippen MR) is 40.5 cm³/mol. The molecular weight excluding hydrogens is 245 g/mol. The summed E-state index contributed by atoms with van der Waals surface area (Å²) >= 11 is 0. The Bertz CT molecular complexity index is 378. The minimum atomic E-state index is -5.60. The molecule has 0 aliphatic heterocycles. The molecule has 0 saturated heterocycles. The SMILES string of the molecule is O=Cc1ccc([B-](F)(F)F)c(F)c1F.[K+]. The van der Waals surface area contributed by atoms with Gasteiger partial charge in [0.15, 0.2) is 12.1 Å². The Labute approximate surface area is 125 Å². The van der Waals surface area contributed by atoms with E-state index in [1.807, 2.05) is 0 Å². The van der Waals surface area contributed by atoms with Gasteiger partial charge in [-0.15, -0.1) is 0 Å². The molecule has 15 heavy (non-hydrogen) atoms. The van der Waals surface area contributed by atoms with Gasteiger partial charge in [-0.2, -0.15) is 0 Å². The molecule has 0 aliphatic carbocycles. The first-order chi connectivity index (χ1) is 6.38. The third kappa shape index (κ3) is 3.35. The summed E-state index contributed by atoms with van der Waals surface area (Å²) in [7, 11) is 0. The Morgan fingerprint density at radius 2 is 1.60 bits per heavy atom. The fourth-order valence-electron chi connectivity index (χ4n) is 0.923. The summed E-state index contributed by atoms with van der Waals surface area (Å²) in [5.74, 6) is -3.79. The van der Waals surface area contributed by atoms with Crippen molar-refractivity contribution in [2.24, 2.45) is 0 Å². The zero-order valence-corrected chi connectivity index (χ0v) is 10.7. The molecule has 1 aromatic rings. The van der Waals surface area contributed by atoms with E-state index in [0.29, 0.717) is 12.1 Å². The maximum absolute atomic E-state index is 12.7.